The number of carbonyl (C=O) groups is 1. The zero-order valence-electron chi connectivity index (χ0n) is 14.4. The maximum atomic E-state index is 12.6. The summed E-state index contributed by atoms with van der Waals surface area (Å²) in [5, 5.41) is 3.36. The molecule has 0 N–H and O–H groups in total. The summed E-state index contributed by atoms with van der Waals surface area (Å²) < 4.78 is 42.0. The number of carbonyl (C=O) groups excluding carboxylic acids is 1. The van der Waals surface area contributed by atoms with Gasteiger partial charge in [-0.3, -0.25) is 14.8 Å². The van der Waals surface area contributed by atoms with Gasteiger partial charge in [-0.15, -0.1) is 11.3 Å². The first kappa shape index (κ1) is 18.5. The number of amides is 1. The van der Waals surface area contributed by atoms with Crippen molar-refractivity contribution in [1.29, 1.82) is 0 Å². The second-order valence-electron chi connectivity index (χ2n) is 6.35. The molecule has 0 aliphatic carbocycles. The van der Waals surface area contributed by atoms with Crippen molar-refractivity contribution in [3.63, 3.8) is 0 Å². The summed E-state index contributed by atoms with van der Waals surface area (Å²) in [6, 6.07) is 3.33. The maximum absolute atomic E-state index is 12.6. The molecule has 7 nitrogen and oxygen atoms in total. The van der Waals surface area contributed by atoms with E-state index in [2.05, 4.69) is 24.6 Å². The SMILES string of the molecule is O=C(c1cncs1)N1CCC[C@H](c2ccc(-c3noc(C(F)(F)F)n3)cn2)C1. The highest BCUT2D eigenvalue weighted by Gasteiger charge is 2.38. The largest absolute Gasteiger partial charge is 0.471 e. The van der Waals surface area contributed by atoms with E-state index in [0.717, 1.165) is 18.5 Å². The van der Waals surface area contributed by atoms with Gasteiger partial charge in [-0.2, -0.15) is 18.2 Å². The Morgan fingerprint density at radius 3 is 2.79 bits per heavy atom. The molecule has 3 aromatic rings. The standard InChI is InChI=1S/C17H14F3N5O2S/c18-17(19,20)16-23-14(24-27-16)10-3-4-12(22-6-10)11-2-1-5-25(8-11)15(26)13-7-21-9-28-13/h3-4,6-7,9,11H,1-2,5,8H2/t11-/m0/s1. The third-order valence-electron chi connectivity index (χ3n) is 4.48. The lowest BCUT2D eigenvalue weighted by Gasteiger charge is -2.32. The van der Waals surface area contributed by atoms with Crippen molar-refractivity contribution in [2.45, 2.75) is 24.9 Å². The molecule has 4 heterocycles. The third-order valence-corrected chi connectivity index (χ3v) is 5.24. The second kappa shape index (κ2) is 7.30. The molecule has 1 saturated heterocycles. The average Bonchev–Trinajstić information content (AvgIpc) is 3.39. The highest BCUT2D eigenvalue weighted by atomic mass is 32.1. The van der Waals surface area contributed by atoms with Gasteiger partial charge in [0.15, 0.2) is 0 Å². The Kier molecular flexibility index (Phi) is 4.84. The zero-order valence-corrected chi connectivity index (χ0v) is 15.2. The van der Waals surface area contributed by atoms with Gasteiger partial charge >= 0.3 is 12.1 Å². The number of pyridine rings is 1. The molecule has 1 atom stereocenters. The first-order chi connectivity index (χ1) is 13.4. The summed E-state index contributed by atoms with van der Waals surface area (Å²) in [6.07, 6.45) is 0.0144. The molecule has 1 fully saturated rings. The fraction of sp³-hybridized carbons (Fsp3) is 0.353. The molecule has 1 amide bonds. The third kappa shape index (κ3) is 3.75. The summed E-state index contributed by atoms with van der Waals surface area (Å²) in [6.45, 7) is 1.21. The molecule has 4 rings (SSSR count). The van der Waals surface area contributed by atoms with Crippen molar-refractivity contribution in [3.8, 4) is 11.4 Å². The minimum Gasteiger partial charge on any atom is -0.337 e. The summed E-state index contributed by atoms with van der Waals surface area (Å²) >= 11 is 1.30. The van der Waals surface area contributed by atoms with Crippen LogP contribution in [0.15, 0.2) is 34.6 Å². The first-order valence-corrected chi connectivity index (χ1v) is 9.35. The van der Waals surface area contributed by atoms with E-state index in [9.17, 15) is 18.0 Å². The van der Waals surface area contributed by atoms with Gasteiger partial charge in [0, 0.05) is 36.5 Å². The first-order valence-electron chi connectivity index (χ1n) is 8.47. The van der Waals surface area contributed by atoms with Gasteiger partial charge < -0.3 is 9.42 Å². The smallest absolute Gasteiger partial charge is 0.337 e. The van der Waals surface area contributed by atoms with Crippen LogP contribution < -0.4 is 0 Å². The Bertz CT molecular complexity index is 956. The zero-order chi connectivity index (χ0) is 19.7. The van der Waals surface area contributed by atoms with E-state index in [1.807, 2.05) is 0 Å². The van der Waals surface area contributed by atoms with E-state index < -0.39 is 12.1 Å². The maximum Gasteiger partial charge on any atom is 0.471 e. The fourth-order valence-corrected chi connectivity index (χ4v) is 3.70. The van der Waals surface area contributed by atoms with E-state index in [1.54, 1.807) is 28.7 Å². The van der Waals surface area contributed by atoms with Crippen LogP contribution in [-0.2, 0) is 6.18 Å². The van der Waals surface area contributed by atoms with Crippen molar-refractivity contribution in [3.05, 3.63) is 46.5 Å². The van der Waals surface area contributed by atoms with E-state index in [0.29, 0.717) is 23.5 Å². The van der Waals surface area contributed by atoms with E-state index >= 15 is 0 Å². The van der Waals surface area contributed by atoms with Crippen LogP contribution >= 0.6 is 11.3 Å². The molecule has 3 aromatic heterocycles. The van der Waals surface area contributed by atoms with Gasteiger partial charge in [0.1, 0.15) is 4.88 Å². The van der Waals surface area contributed by atoms with Gasteiger partial charge in [0.2, 0.25) is 5.82 Å². The van der Waals surface area contributed by atoms with E-state index in [-0.39, 0.29) is 17.6 Å². The Balaban J connectivity index is 1.47. The van der Waals surface area contributed by atoms with Crippen LogP contribution in [0.5, 0.6) is 0 Å². The van der Waals surface area contributed by atoms with Crippen molar-refractivity contribution < 1.29 is 22.5 Å². The molecule has 146 valence electrons. The molecule has 0 aromatic carbocycles. The fourth-order valence-electron chi connectivity index (χ4n) is 3.12. The lowest BCUT2D eigenvalue weighted by atomic mass is 9.94. The Morgan fingerprint density at radius 2 is 2.14 bits per heavy atom. The predicted octanol–water partition coefficient (Wildman–Crippen LogP) is 3.63. The van der Waals surface area contributed by atoms with Gasteiger partial charge in [-0.05, 0) is 25.0 Å². The number of likely N-dealkylation sites (tertiary alicyclic amines) is 1. The Morgan fingerprint density at radius 1 is 1.29 bits per heavy atom. The predicted molar refractivity (Wildman–Crippen MR) is 92.5 cm³/mol. The number of rotatable bonds is 3. The number of hydrogen-bond donors (Lipinski definition) is 0. The number of hydrogen-bond acceptors (Lipinski definition) is 7. The Hall–Kier alpha value is -2.82. The van der Waals surface area contributed by atoms with Crippen LogP contribution in [0.3, 0.4) is 0 Å². The van der Waals surface area contributed by atoms with Crippen molar-refractivity contribution in [1.82, 2.24) is 25.0 Å². The molecule has 28 heavy (non-hydrogen) atoms. The van der Waals surface area contributed by atoms with Crippen molar-refractivity contribution >= 4 is 17.2 Å². The molecule has 0 bridgehead atoms. The normalized spacial score (nSPS) is 17.7. The van der Waals surface area contributed by atoms with Gasteiger partial charge in [0.05, 0.1) is 11.7 Å². The minimum atomic E-state index is -4.69. The minimum absolute atomic E-state index is 0.0460. The second-order valence-corrected chi connectivity index (χ2v) is 7.23. The number of halogens is 3. The Labute approximate surface area is 161 Å². The number of nitrogens with zero attached hydrogens (tertiary/aromatic N) is 5. The average molecular weight is 409 g/mol. The van der Waals surface area contributed by atoms with Crippen molar-refractivity contribution in [2.75, 3.05) is 13.1 Å². The molecule has 1 aliphatic rings. The molecule has 11 heteroatoms. The van der Waals surface area contributed by atoms with Crippen LogP contribution in [0.2, 0.25) is 0 Å². The molecule has 0 spiro atoms. The quantitative estimate of drug-likeness (QED) is 0.657. The van der Waals surface area contributed by atoms with Crippen LogP contribution in [0.4, 0.5) is 13.2 Å². The molecule has 0 saturated carbocycles. The topological polar surface area (TPSA) is 85.0 Å². The number of alkyl halides is 3. The van der Waals surface area contributed by atoms with Gasteiger partial charge in [0.25, 0.3) is 5.91 Å². The molecule has 0 radical (unpaired) electrons. The van der Waals surface area contributed by atoms with Crippen LogP contribution in [0.1, 0.15) is 40.0 Å². The highest BCUT2D eigenvalue weighted by Crippen LogP contribution is 2.30. The summed E-state index contributed by atoms with van der Waals surface area (Å²) in [7, 11) is 0. The highest BCUT2D eigenvalue weighted by molar-refractivity contribution is 7.11. The number of aromatic nitrogens is 4. The number of thiazole rings is 1. The monoisotopic (exact) mass is 409 g/mol. The van der Waals surface area contributed by atoms with Gasteiger partial charge in [-0.25, -0.2) is 0 Å². The summed E-state index contributed by atoms with van der Waals surface area (Å²) in [5.74, 6) is -1.56. The molecule has 1 aliphatic heterocycles. The van der Waals surface area contributed by atoms with Crippen LogP contribution in [0, 0.1) is 0 Å². The lowest BCUT2D eigenvalue weighted by Crippen LogP contribution is -2.39. The lowest BCUT2D eigenvalue weighted by molar-refractivity contribution is -0.159. The molecular weight excluding hydrogens is 395 g/mol. The van der Waals surface area contributed by atoms with Crippen LogP contribution in [-0.4, -0.2) is 44.0 Å². The summed E-state index contributed by atoms with van der Waals surface area (Å²) in [4.78, 5) is 26.6. The van der Waals surface area contributed by atoms with Crippen molar-refractivity contribution in [2.24, 2.45) is 0 Å². The van der Waals surface area contributed by atoms with E-state index in [1.165, 1.54) is 17.5 Å². The molecule has 0 unspecified atom stereocenters. The number of piperidine rings is 1. The summed E-state index contributed by atoms with van der Waals surface area (Å²) in [5.41, 5.74) is 2.72. The molecular formula is C17H14F3N5O2S. The van der Waals surface area contributed by atoms with Crippen LogP contribution in [0.25, 0.3) is 11.4 Å². The van der Waals surface area contributed by atoms with Gasteiger partial charge in [-0.1, -0.05) is 5.16 Å². The van der Waals surface area contributed by atoms with E-state index in [4.69, 9.17) is 0 Å².